The first-order chi connectivity index (χ1) is 5.43. The molecule has 0 atom stereocenters. The molecule has 0 N–H and O–H groups in total. The van der Waals surface area contributed by atoms with Gasteiger partial charge in [0.2, 0.25) is 0 Å². The standard InChI is InChI=1S/C9H15F2N/c1-5-8(9(4,10)11)7(3)12-6-2/h5H,6H2,1-4H3/b8-5+,12-7?. The minimum atomic E-state index is -2.78. The molecule has 0 saturated heterocycles. The normalized spacial score (nSPS) is 15.2. The zero-order valence-corrected chi connectivity index (χ0v) is 7.99. The predicted octanol–water partition coefficient (Wildman–Crippen LogP) is 3.07. The predicted molar refractivity (Wildman–Crippen MR) is 48.0 cm³/mol. The molecule has 0 unspecified atom stereocenters. The van der Waals surface area contributed by atoms with Crippen molar-refractivity contribution in [1.29, 1.82) is 0 Å². The highest BCUT2D eigenvalue weighted by atomic mass is 19.3. The van der Waals surface area contributed by atoms with Gasteiger partial charge in [0.1, 0.15) is 0 Å². The van der Waals surface area contributed by atoms with Crippen molar-refractivity contribution in [2.24, 2.45) is 4.99 Å². The van der Waals surface area contributed by atoms with Crippen LogP contribution in [0, 0.1) is 0 Å². The number of nitrogens with zero attached hydrogens (tertiary/aromatic N) is 1. The molecule has 0 aromatic carbocycles. The SMILES string of the molecule is C/C=C(\C(C)=NCC)C(C)(F)F. The average molecular weight is 175 g/mol. The summed E-state index contributed by atoms with van der Waals surface area (Å²) < 4.78 is 25.6. The maximum Gasteiger partial charge on any atom is 0.271 e. The molecule has 0 aliphatic rings. The van der Waals surface area contributed by atoms with E-state index in [2.05, 4.69) is 4.99 Å². The van der Waals surface area contributed by atoms with Crippen LogP contribution in [0.3, 0.4) is 0 Å². The number of rotatable bonds is 3. The summed E-state index contributed by atoms with van der Waals surface area (Å²) in [6.45, 7) is 6.46. The van der Waals surface area contributed by atoms with Gasteiger partial charge in [0, 0.05) is 24.8 Å². The van der Waals surface area contributed by atoms with Gasteiger partial charge in [-0.2, -0.15) is 0 Å². The molecule has 1 nitrogen and oxygen atoms in total. The summed E-state index contributed by atoms with van der Waals surface area (Å²) in [6.07, 6.45) is 1.41. The number of halogens is 2. The minimum absolute atomic E-state index is 0.0179. The lowest BCUT2D eigenvalue weighted by atomic mass is 10.1. The van der Waals surface area contributed by atoms with E-state index in [1.165, 1.54) is 6.08 Å². The van der Waals surface area contributed by atoms with E-state index in [0.717, 1.165) is 6.92 Å². The molecule has 0 aromatic rings. The molecule has 0 fully saturated rings. The van der Waals surface area contributed by atoms with E-state index < -0.39 is 5.92 Å². The van der Waals surface area contributed by atoms with Crippen LogP contribution in [0.15, 0.2) is 16.6 Å². The van der Waals surface area contributed by atoms with Crippen LogP contribution in [0.5, 0.6) is 0 Å². The Hall–Kier alpha value is -0.730. The summed E-state index contributed by atoms with van der Waals surface area (Å²) in [4.78, 5) is 3.93. The van der Waals surface area contributed by atoms with Crippen molar-refractivity contribution >= 4 is 5.71 Å². The van der Waals surface area contributed by atoms with Gasteiger partial charge < -0.3 is 0 Å². The quantitative estimate of drug-likeness (QED) is 0.584. The number of hydrogen-bond acceptors (Lipinski definition) is 1. The molecule has 0 saturated carbocycles. The third kappa shape index (κ3) is 3.11. The maximum absolute atomic E-state index is 12.8. The molecular formula is C9H15F2N. The van der Waals surface area contributed by atoms with Gasteiger partial charge in [0.15, 0.2) is 0 Å². The highest BCUT2D eigenvalue weighted by Gasteiger charge is 2.28. The van der Waals surface area contributed by atoms with Crippen LogP contribution in [0.1, 0.15) is 27.7 Å². The molecule has 0 heterocycles. The van der Waals surface area contributed by atoms with Crippen molar-refractivity contribution < 1.29 is 8.78 Å². The molecule has 0 radical (unpaired) electrons. The van der Waals surface area contributed by atoms with Crippen molar-refractivity contribution in [3.8, 4) is 0 Å². The molecule has 70 valence electrons. The summed E-state index contributed by atoms with van der Waals surface area (Å²) in [5, 5.41) is 0. The van der Waals surface area contributed by atoms with Crippen LogP contribution >= 0.6 is 0 Å². The van der Waals surface area contributed by atoms with E-state index in [0.29, 0.717) is 12.3 Å². The highest BCUT2D eigenvalue weighted by molar-refractivity contribution is 5.99. The summed E-state index contributed by atoms with van der Waals surface area (Å²) in [5.74, 6) is -2.78. The zero-order chi connectivity index (χ0) is 9.78. The van der Waals surface area contributed by atoms with Crippen LogP contribution in [0.25, 0.3) is 0 Å². The van der Waals surface area contributed by atoms with E-state index in [1.807, 2.05) is 6.92 Å². The topological polar surface area (TPSA) is 12.4 Å². The fourth-order valence-corrected chi connectivity index (χ4v) is 1.10. The van der Waals surface area contributed by atoms with Crippen LogP contribution in [-0.4, -0.2) is 18.2 Å². The Morgan fingerprint density at radius 1 is 1.50 bits per heavy atom. The monoisotopic (exact) mass is 175 g/mol. The summed E-state index contributed by atoms with van der Waals surface area (Å²) in [5.41, 5.74) is 0.442. The summed E-state index contributed by atoms with van der Waals surface area (Å²) in [6, 6.07) is 0. The highest BCUT2D eigenvalue weighted by Crippen LogP contribution is 2.24. The molecule has 12 heavy (non-hydrogen) atoms. The number of hydrogen-bond donors (Lipinski definition) is 0. The van der Waals surface area contributed by atoms with Gasteiger partial charge in [-0.3, -0.25) is 4.99 Å². The Balaban J connectivity index is 4.72. The van der Waals surface area contributed by atoms with Crippen molar-refractivity contribution in [2.45, 2.75) is 33.6 Å². The minimum Gasteiger partial charge on any atom is -0.290 e. The van der Waals surface area contributed by atoms with Gasteiger partial charge in [-0.15, -0.1) is 0 Å². The Morgan fingerprint density at radius 3 is 2.25 bits per heavy atom. The number of aliphatic imine (C=N–C) groups is 1. The Morgan fingerprint density at radius 2 is 2.00 bits per heavy atom. The first-order valence-corrected chi connectivity index (χ1v) is 3.99. The summed E-state index contributed by atoms with van der Waals surface area (Å²) >= 11 is 0. The zero-order valence-electron chi connectivity index (χ0n) is 7.99. The van der Waals surface area contributed by atoms with Gasteiger partial charge in [-0.1, -0.05) is 6.08 Å². The molecule has 0 bridgehead atoms. The van der Waals surface area contributed by atoms with Crippen LogP contribution in [0.2, 0.25) is 0 Å². The molecule has 0 rings (SSSR count). The van der Waals surface area contributed by atoms with E-state index in [4.69, 9.17) is 0 Å². The second kappa shape index (κ2) is 4.33. The molecule has 0 amide bonds. The maximum atomic E-state index is 12.8. The second-order valence-electron chi connectivity index (χ2n) is 2.65. The van der Waals surface area contributed by atoms with Crippen molar-refractivity contribution in [1.82, 2.24) is 0 Å². The van der Waals surface area contributed by atoms with E-state index in [1.54, 1.807) is 13.8 Å². The van der Waals surface area contributed by atoms with Gasteiger partial charge in [0.25, 0.3) is 5.92 Å². The molecular weight excluding hydrogens is 160 g/mol. The van der Waals surface area contributed by atoms with Crippen molar-refractivity contribution in [2.75, 3.05) is 6.54 Å². The number of allylic oxidation sites excluding steroid dienone is 2. The van der Waals surface area contributed by atoms with E-state index >= 15 is 0 Å². The smallest absolute Gasteiger partial charge is 0.271 e. The fraction of sp³-hybridized carbons (Fsp3) is 0.667. The fourth-order valence-electron chi connectivity index (χ4n) is 1.10. The molecule has 0 aliphatic carbocycles. The first-order valence-electron chi connectivity index (χ1n) is 3.99. The van der Waals surface area contributed by atoms with Gasteiger partial charge in [0.05, 0.1) is 0 Å². The summed E-state index contributed by atoms with van der Waals surface area (Å²) in [7, 11) is 0. The largest absolute Gasteiger partial charge is 0.290 e. The molecule has 3 heteroatoms. The van der Waals surface area contributed by atoms with Crippen LogP contribution < -0.4 is 0 Å². The molecule has 0 aliphatic heterocycles. The first kappa shape index (κ1) is 11.3. The Bertz CT molecular complexity index is 199. The third-order valence-corrected chi connectivity index (χ3v) is 1.55. The lowest BCUT2D eigenvalue weighted by Crippen LogP contribution is -2.19. The van der Waals surface area contributed by atoms with Crippen LogP contribution in [0.4, 0.5) is 8.78 Å². The lowest BCUT2D eigenvalue weighted by molar-refractivity contribution is 0.0698. The van der Waals surface area contributed by atoms with Gasteiger partial charge in [-0.05, 0) is 20.8 Å². The van der Waals surface area contributed by atoms with Crippen molar-refractivity contribution in [3.63, 3.8) is 0 Å². The van der Waals surface area contributed by atoms with E-state index in [9.17, 15) is 8.78 Å². The number of alkyl halides is 2. The second-order valence-corrected chi connectivity index (χ2v) is 2.65. The van der Waals surface area contributed by atoms with E-state index in [-0.39, 0.29) is 5.57 Å². The van der Waals surface area contributed by atoms with Gasteiger partial charge >= 0.3 is 0 Å². The Labute approximate surface area is 72.2 Å². The van der Waals surface area contributed by atoms with Gasteiger partial charge in [-0.25, -0.2) is 8.78 Å². The van der Waals surface area contributed by atoms with Crippen molar-refractivity contribution in [3.05, 3.63) is 11.6 Å². The lowest BCUT2D eigenvalue weighted by Gasteiger charge is -2.14. The average Bonchev–Trinajstić information content (AvgIpc) is 1.85. The molecule has 0 spiro atoms. The third-order valence-electron chi connectivity index (χ3n) is 1.55. The van der Waals surface area contributed by atoms with Crippen LogP contribution in [-0.2, 0) is 0 Å². The Kier molecular flexibility index (Phi) is 4.07. The molecule has 0 aromatic heterocycles.